The Balaban J connectivity index is 2.04. The first-order valence-electron chi connectivity index (χ1n) is 8.15. The van der Waals surface area contributed by atoms with E-state index in [0.29, 0.717) is 24.9 Å². The molecule has 2 saturated heterocycles. The predicted octanol–water partition coefficient (Wildman–Crippen LogP) is 1.52. The van der Waals surface area contributed by atoms with Crippen molar-refractivity contribution in [2.24, 2.45) is 0 Å². The summed E-state index contributed by atoms with van der Waals surface area (Å²) < 4.78 is 29.4. The van der Waals surface area contributed by atoms with E-state index in [2.05, 4.69) is 19.2 Å². The Labute approximate surface area is 134 Å². The normalized spacial score (nSPS) is 29.6. The van der Waals surface area contributed by atoms with E-state index in [1.165, 1.54) is 0 Å². The Morgan fingerprint density at radius 1 is 1.29 bits per heavy atom. The maximum absolute atomic E-state index is 12.9. The standard InChI is InChI=1S/C14H29N3O2S2/c1-3-7-15-11-14-6-4-5-8-17(14)21(18,19)16-9-10-20-13(2)12-16/h13-15H,3-12H2,1-2H3. The lowest BCUT2D eigenvalue weighted by Gasteiger charge is -2.40. The Morgan fingerprint density at radius 2 is 2.10 bits per heavy atom. The van der Waals surface area contributed by atoms with Crippen molar-refractivity contribution in [3.63, 3.8) is 0 Å². The zero-order valence-corrected chi connectivity index (χ0v) is 14.9. The van der Waals surface area contributed by atoms with Crippen LogP contribution in [0.4, 0.5) is 0 Å². The summed E-state index contributed by atoms with van der Waals surface area (Å²) in [6, 6.07) is 0.125. The highest BCUT2D eigenvalue weighted by atomic mass is 32.2. The van der Waals surface area contributed by atoms with Crippen molar-refractivity contribution in [1.29, 1.82) is 0 Å². The molecule has 0 saturated carbocycles. The summed E-state index contributed by atoms with van der Waals surface area (Å²) in [5.74, 6) is 0.910. The van der Waals surface area contributed by atoms with Crippen molar-refractivity contribution < 1.29 is 8.42 Å². The summed E-state index contributed by atoms with van der Waals surface area (Å²) in [7, 11) is -3.29. The number of thioether (sulfide) groups is 1. The Morgan fingerprint density at radius 3 is 2.81 bits per heavy atom. The van der Waals surface area contributed by atoms with Gasteiger partial charge in [-0.2, -0.15) is 28.8 Å². The molecule has 0 aliphatic carbocycles. The quantitative estimate of drug-likeness (QED) is 0.748. The number of hydrogen-bond acceptors (Lipinski definition) is 4. The lowest BCUT2D eigenvalue weighted by atomic mass is 10.1. The molecule has 124 valence electrons. The third kappa shape index (κ3) is 4.58. The molecule has 2 atom stereocenters. The summed E-state index contributed by atoms with van der Waals surface area (Å²) in [5, 5.41) is 3.79. The SMILES string of the molecule is CCCNCC1CCCCN1S(=O)(=O)N1CCSC(C)C1. The fourth-order valence-electron chi connectivity index (χ4n) is 3.07. The number of piperidine rings is 1. The molecule has 21 heavy (non-hydrogen) atoms. The minimum absolute atomic E-state index is 0.125. The van der Waals surface area contributed by atoms with Gasteiger partial charge in [-0.05, 0) is 25.8 Å². The molecule has 0 radical (unpaired) electrons. The highest BCUT2D eigenvalue weighted by molar-refractivity contribution is 8.00. The molecule has 5 nitrogen and oxygen atoms in total. The van der Waals surface area contributed by atoms with Crippen LogP contribution in [0.2, 0.25) is 0 Å². The third-order valence-corrected chi connectivity index (χ3v) is 7.40. The van der Waals surface area contributed by atoms with Gasteiger partial charge in [0.15, 0.2) is 0 Å². The van der Waals surface area contributed by atoms with Gasteiger partial charge in [-0.1, -0.05) is 20.3 Å². The number of nitrogens with one attached hydrogen (secondary N) is 1. The van der Waals surface area contributed by atoms with Crippen molar-refractivity contribution in [3.8, 4) is 0 Å². The summed E-state index contributed by atoms with van der Waals surface area (Å²) in [5.41, 5.74) is 0. The summed E-state index contributed by atoms with van der Waals surface area (Å²) in [6.07, 6.45) is 4.19. The van der Waals surface area contributed by atoms with Crippen LogP contribution in [-0.4, -0.2) is 66.8 Å². The Kier molecular flexibility index (Phi) is 6.80. The Hall–Kier alpha value is 0.180. The molecule has 2 aliphatic rings. The highest BCUT2D eigenvalue weighted by Crippen LogP contribution is 2.26. The van der Waals surface area contributed by atoms with E-state index in [1.54, 1.807) is 8.61 Å². The van der Waals surface area contributed by atoms with E-state index in [-0.39, 0.29) is 6.04 Å². The van der Waals surface area contributed by atoms with Crippen LogP contribution in [0.1, 0.15) is 39.5 Å². The van der Waals surface area contributed by atoms with Gasteiger partial charge in [-0.25, -0.2) is 0 Å². The topological polar surface area (TPSA) is 52.7 Å². The van der Waals surface area contributed by atoms with Crippen LogP contribution < -0.4 is 5.32 Å². The van der Waals surface area contributed by atoms with E-state index in [1.807, 2.05) is 11.8 Å². The van der Waals surface area contributed by atoms with E-state index in [9.17, 15) is 8.42 Å². The van der Waals surface area contributed by atoms with Crippen LogP contribution in [0, 0.1) is 0 Å². The maximum atomic E-state index is 12.9. The average Bonchev–Trinajstić information content (AvgIpc) is 2.48. The summed E-state index contributed by atoms with van der Waals surface area (Å²) >= 11 is 1.87. The first kappa shape index (κ1) is 17.5. The molecule has 0 amide bonds. The molecule has 0 spiro atoms. The lowest BCUT2D eigenvalue weighted by molar-refractivity contribution is 0.227. The summed E-state index contributed by atoms with van der Waals surface area (Å²) in [4.78, 5) is 0. The fourth-order valence-corrected chi connectivity index (χ4v) is 6.24. The number of hydrogen-bond donors (Lipinski definition) is 1. The molecule has 2 aliphatic heterocycles. The number of rotatable bonds is 6. The smallest absolute Gasteiger partial charge is 0.282 e. The largest absolute Gasteiger partial charge is 0.315 e. The average molecular weight is 336 g/mol. The molecular formula is C14H29N3O2S2. The third-order valence-electron chi connectivity index (χ3n) is 4.21. The zero-order chi connectivity index (χ0) is 15.3. The minimum atomic E-state index is -3.29. The second-order valence-electron chi connectivity index (χ2n) is 6.01. The van der Waals surface area contributed by atoms with Crippen LogP contribution in [0.25, 0.3) is 0 Å². The van der Waals surface area contributed by atoms with E-state index in [0.717, 1.165) is 44.5 Å². The van der Waals surface area contributed by atoms with Gasteiger partial charge in [0.1, 0.15) is 0 Å². The predicted molar refractivity (Wildman–Crippen MR) is 89.9 cm³/mol. The maximum Gasteiger partial charge on any atom is 0.282 e. The van der Waals surface area contributed by atoms with Crippen LogP contribution in [0.15, 0.2) is 0 Å². The monoisotopic (exact) mass is 335 g/mol. The van der Waals surface area contributed by atoms with Crippen LogP contribution in [0.5, 0.6) is 0 Å². The molecule has 0 aromatic heterocycles. The van der Waals surface area contributed by atoms with Crippen molar-refractivity contribution in [2.75, 3.05) is 38.5 Å². The van der Waals surface area contributed by atoms with Gasteiger partial charge in [0.05, 0.1) is 0 Å². The van der Waals surface area contributed by atoms with Gasteiger partial charge >= 0.3 is 0 Å². The van der Waals surface area contributed by atoms with Gasteiger partial charge in [-0.15, -0.1) is 0 Å². The van der Waals surface area contributed by atoms with Gasteiger partial charge in [0, 0.05) is 43.2 Å². The second kappa shape index (κ2) is 8.15. The Bertz CT molecular complexity index is 416. The van der Waals surface area contributed by atoms with E-state index >= 15 is 0 Å². The van der Waals surface area contributed by atoms with Crippen LogP contribution in [-0.2, 0) is 10.2 Å². The molecule has 0 bridgehead atoms. The van der Waals surface area contributed by atoms with Gasteiger partial charge in [0.25, 0.3) is 10.2 Å². The molecule has 1 N–H and O–H groups in total. The molecule has 2 rings (SSSR count). The fraction of sp³-hybridized carbons (Fsp3) is 1.00. The van der Waals surface area contributed by atoms with Crippen molar-refractivity contribution in [1.82, 2.24) is 13.9 Å². The molecule has 0 aromatic carbocycles. The molecule has 0 aromatic rings. The van der Waals surface area contributed by atoms with Crippen molar-refractivity contribution >= 4 is 22.0 Å². The first-order valence-corrected chi connectivity index (χ1v) is 10.6. The molecule has 2 fully saturated rings. The molecule has 2 unspecified atom stereocenters. The molecule has 7 heteroatoms. The van der Waals surface area contributed by atoms with Crippen LogP contribution in [0.3, 0.4) is 0 Å². The van der Waals surface area contributed by atoms with E-state index in [4.69, 9.17) is 0 Å². The number of nitrogens with zero attached hydrogens (tertiary/aromatic N) is 2. The lowest BCUT2D eigenvalue weighted by Crippen LogP contribution is -2.55. The zero-order valence-electron chi connectivity index (χ0n) is 13.3. The van der Waals surface area contributed by atoms with E-state index < -0.39 is 10.2 Å². The van der Waals surface area contributed by atoms with Gasteiger partial charge in [0.2, 0.25) is 0 Å². The summed E-state index contributed by atoms with van der Waals surface area (Å²) in [6.45, 7) is 7.98. The molecule has 2 heterocycles. The molecular weight excluding hydrogens is 306 g/mol. The second-order valence-corrected chi connectivity index (χ2v) is 9.44. The van der Waals surface area contributed by atoms with Crippen LogP contribution >= 0.6 is 11.8 Å². The first-order chi connectivity index (χ1) is 10.1. The highest BCUT2D eigenvalue weighted by Gasteiger charge is 2.37. The van der Waals surface area contributed by atoms with Gasteiger partial charge in [-0.3, -0.25) is 0 Å². The van der Waals surface area contributed by atoms with Crippen molar-refractivity contribution in [2.45, 2.75) is 50.8 Å². The minimum Gasteiger partial charge on any atom is -0.315 e. The van der Waals surface area contributed by atoms with Crippen molar-refractivity contribution in [3.05, 3.63) is 0 Å². The van der Waals surface area contributed by atoms with Gasteiger partial charge < -0.3 is 5.32 Å².